The third kappa shape index (κ3) is 5.01. The second-order valence-electron chi connectivity index (χ2n) is 7.78. The molecule has 2 N–H and O–H groups in total. The van der Waals surface area contributed by atoms with Crippen LogP contribution in [-0.2, 0) is 11.3 Å². The molecule has 152 valence electrons. The number of aromatic nitrogens is 3. The summed E-state index contributed by atoms with van der Waals surface area (Å²) in [6, 6.07) is 13.6. The van der Waals surface area contributed by atoms with Gasteiger partial charge in [0.15, 0.2) is 5.82 Å². The van der Waals surface area contributed by atoms with Gasteiger partial charge in [0.1, 0.15) is 12.2 Å². The molecular weight excluding hydrogens is 362 g/mol. The second kappa shape index (κ2) is 9.65. The highest BCUT2D eigenvalue weighted by Crippen LogP contribution is 2.23. The fraction of sp³-hybridized carbons (Fsp3) is 0.435. The van der Waals surface area contributed by atoms with Gasteiger partial charge in [-0.2, -0.15) is 0 Å². The molecule has 2 aromatic heterocycles. The smallest absolute Gasteiger partial charge is 0.240 e. The highest BCUT2D eigenvalue weighted by molar-refractivity contribution is 5.84. The van der Waals surface area contributed by atoms with Crippen LogP contribution in [0.1, 0.15) is 32.1 Å². The Morgan fingerprint density at radius 2 is 1.86 bits per heavy atom. The van der Waals surface area contributed by atoms with Gasteiger partial charge in [0.25, 0.3) is 0 Å². The van der Waals surface area contributed by atoms with Crippen molar-refractivity contribution in [3.05, 3.63) is 48.7 Å². The van der Waals surface area contributed by atoms with Crippen molar-refractivity contribution < 1.29 is 4.79 Å². The first-order chi connectivity index (χ1) is 14.3. The predicted octanol–water partition coefficient (Wildman–Crippen LogP) is 3.38. The van der Waals surface area contributed by atoms with E-state index in [4.69, 9.17) is 4.98 Å². The average Bonchev–Trinajstić information content (AvgIpc) is 3.13. The zero-order chi connectivity index (χ0) is 19.9. The zero-order valence-corrected chi connectivity index (χ0v) is 16.8. The Morgan fingerprint density at radius 3 is 2.69 bits per heavy atom. The first-order valence-electron chi connectivity index (χ1n) is 10.7. The lowest BCUT2D eigenvalue weighted by molar-refractivity contribution is -0.121. The summed E-state index contributed by atoms with van der Waals surface area (Å²) in [4.78, 5) is 21.7. The van der Waals surface area contributed by atoms with E-state index in [1.54, 1.807) is 6.20 Å². The molecule has 1 fully saturated rings. The molecule has 0 radical (unpaired) electrons. The molecule has 0 saturated heterocycles. The lowest BCUT2D eigenvalue weighted by Gasteiger charge is -2.21. The molecule has 0 atom stereocenters. The molecule has 0 aliphatic heterocycles. The number of para-hydroxylation sites is 2. The summed E-state index contributed by atoms with van der Waals surface area (Å²) in [6.45, 7) is 2.73. The maximum atomic E-state index is 12.6. The van der Waals surface area contributed by atoms with Gasteiger partial charge in [0.05, 0.1) is 11.0 Å². The van der Waals surface area contributed by atoms with Gasteiger partial charge in [-0.25, -0.2) is 4.98 Å². The van der Waals surface area contributed by atoms with Crippen LogP contribution in [0.2, 0.25) is 0 Å². The molecule has 0 bridgehead atoms. The minimum Gasteiger partial charge on any atom is -0.353 e. The van der Waals surface area contributed by atoms with Crippen molar-refractivity contribution in [1.29, 1.82) is 0 Å². The van der Waals surface area contributed by atoms with E-state index >= 15 is 0 Å². The molecule has 1 aliphatic rings. The van der Waals surface area contributed by atoms with Gasteiger partial charge in [-0.15, -0.1) is 0 Å². The van der Waals surface area contributed by atoms with Gasteiger partial charge in [-0.1, -0.05) is 37.5 Å². The molecule has 1 amide bonds. The van der Waals surface area contributed by atoms with Gasteiger partial charge in [-0.3, -0.25) is 9.78 Å². The molecule has 6 heteroatoms. The maximum Gasteiger partial charge on any atom is 0.240 e. The van der Waals surface area contributed by atoms with E-state index in [1.165, 1.54) is 32.1 Å². The number of imidazole rings is 1. The first kappa shape index (κ1) is 19.6. The summed E-state index contributed by atoms with van der Waals surface area (Å²) in [5, 5.41) is 6.52. The normalized spacial score (nSPS) is 14.9. The Balaban J connectivity index is 1.35. The molecule has 0 unspecified atom stereocenters. The monoisotopic (exact) mass is 391 g/mol. The summed E-state index contributed by atoms with van der Waals surface area (Å²) < 4.78 is 1.95. The average molecular weight is 392 g/mol. The number of carbonyl (C=O) groups excluding carboxylic acids is 1. The van der Waals surface area contributed by atoms with Crippen LogP contribution >= 0.6 is 0 Å². The fourth-order valence-corrected chi connectivity index (χ4v) is 4.11. The lowest BCUT2D eigenvalue weighted by atomic mass is 9.89. The second-order valence-corrected chi connectivity index (χ2v) is 7.78. The highest BCUT2D eigenvalue weighted by atomic mass is 16.1. The molecule has 0 spiro atoms. The molecule has 29 heavy (non-hydrogen) atoms. The Hall–Kier alpha value is -2.73. The number of benzene rings is 1. The highest BCUT2D eigenvalue weighted by Gasteiger charge is 2.16. The Labute approximate surface area is 171 Å². The van der Waals surface area contributed by atoms with Crippen molar-refractivity contribution in [2.75, 3.05) is 19.6 Å². The number of amides is 1. The summed E-state index contributed by atoms with van der Waals surface area (Å²) in [5.41, 5.74) is 2.58. The molecule has 3 aromatic rings. The summed E-state index contributed by atoms with van der Waals surface area (Å²) in [5.74, 6) is 1.51. The number of rotatable bonds is 8. The maximum absolute atomic E-state index is 12.6. The van der Waals surface area contributed by atoms with Crippen molar-refractivity contribution in [2.45, 2.75) is 38.6 Å². The molecule has 1 aromatic carbocycles. The van der Waals surface area contributed by atoms with Crippen LogP contribution in [0, 0.1) is 5.92 Å². The van der Waals surface area contributed by atoms with E-state index in [0.717, 1.165) is 41.6 Å². The largest absolute Gasteiger partial charge is 0.353 e. The van der Waals surface area contributed by atoms with Gasteiger partial charge in [0.2, 0.25) is 5.91 Å². The number of nitrogens with zero attached hydrogens (tertiary/aromatic N) is 3. The molecule has 2 heterocycles. The Morgan fingerprint density at radius 1 is 1.03 bits per heavy atom. The molecule has 4 rings (SSSR count). The van der Waals surface area contributed by atoms with Crippen LogP contribution in [0.3, 0.4) is 0 Å². The van der Waals surface area contributed by atoms with Crippen molar-refractivity contribution in [3.8, 4) is 11.5 Å². The summed E-state index contributed by atoms with van der Waals surface area (Å²) in [6.07, 6.45) is 8.53. The van der Waals surface area contributed by atoms with Crippen LogP contribution in [0.15, 0.2) is 48.7 Å². The van der Waals surface area contributed by atoms with E-state index < -0.39 is 0 Å². The van der Waals surface area contributed by atoms with E-state index in [-0.39, 0.29) is 12.5 Å². The number of pyridine rings is 1. The topological polar surface area (TPSA) is 71.8 Å². The predicted molar refractivity (Wildman–Crippen MR) is 115 cm³/mol. The number of hydrogen-bond donors (Lipinski definition) is 2. The number of hydrogen-bond acceptors (Lipinski definition) is 4. The first-order valence-corrected chi connectivity index (χ1v) is 10.7. The van der Waals surface area contributed by atoms with E-state index in [2.05, 4.69) is 15.6 Å². The van der Waals surface area contributed by atoms with Crippen molar-refractivity contribution in [1.82, 2.24) is 25.2 Å². The minimum absolute atomic E-state index is 0.00944. The van der Waals surface area contributed by atoms with Crippen LogP contribution in [0.4, 0.5) is 0 Å². The summed E-state index contributed by atoms with van der Waals surface area (Å²) in [7, 11) is 0. The van der Waals surface area contributed by atoms with Crippen molar-refractivity contribution in [3.63, 3.8) is 0 Å². The van der Waals surface area contributed by atoms with E-state index in [0.29, 0.717) is 6.54 Å². The summed E-state index contributed by atoms with van der Waals surface area (Å²) >= 11 is 0. The lowest BCUT2D eigenvalue weighted by Crippen LogP contribution is -2.35. The Bertz CT molecular complexity index is 931. The number of carbonyl (C=O) groups is 1. The van der Waals surface area contributed by atoms with E-state index in [9.17, 15) is 4.79 Å². The van der Waals surface area contributed by atoms with Crippen molar-refractivity contribution >= 4 is 16.9 Å². The van der Waals surface area contributed by atoms with Crippen LogP contribution in [0.5, 0.6) is 0 Å². The number of fused-ring (bicyclic) bond motifs is 1. The van der Waals surface area contributed by atoms with E-state index in [1.807, 2.05) is 47.0 Å². The zero-order valence-electron chi connectivity index (χ0n) is 16.8. The molecule has 6 nitrogen and oxygen atoms in total. The molecule has 1 aliphatic carbocycles. The standard InChI is InChI=1S/C23H29N5O/c29-22(26-15-14-24-16-18-8-2-1-3-9-18)17-28-21-12-5-4-10-19(21)27-23(28)20-11-6-7-13-25-20/h4-7,10-13,18,24H,1-3,8-9,14-17H2,(H,26,29). The van der Waals surface area contributed by atoms with Crippen molar-refractivity contribution in [2.24, 2.45) is 5.92 Å². The quantitative estimate of drug-likeness (QED) is 0.578. The van der Waals surface area contributed by atoms with Gasteiger partial charge < -0.3 is 15.2 Å². The van der Waals surface area contributed by atoms with Gasteiger partial charge >= 0.3 is 0 Å². The number of nitrogens with one attached hydrogen (secondary N) is 2. The van der Waals surface area contributed by atoms with Gasteiger partial charge in [-0.05, 0) is 49.6 Å². The third-order valence-electron chi connectivity index (χ3n) is 5.63. The third-order valence-corrected chi connectivity index (χ3v) is 5.63. The molecule has 1 saturated carbocycles. The van der Waals surface area contributed by atoms with Crippen LogP contribution < -0.4 is 10.6 Å². The van der Waals surface area contributed by atoms with Crippen LogP contribution in [-0.4, -0.2) is 40.1 Å². The Kier molecular flexibility index (Phi) is 6.52. The van der Waals surface area contributed by atoms with Gasteiger partial charge in [0, 0.05) is 19.3 Å². The fourth-order valence-electron chi connectivity index (χ4n) is 4.11. The van der Waals surface area contributed by atoms with Crippen LogP contribution in [0.25, 0.3) is 22.6 Å². The molecular formula is C23H29N5O. The minimum atomic E-state index is -0.00944. The SMILES string of the molecule is O=C(Cn1c(-c2ccccn2)nc2ccccc21)NCCNCC1CCCCC1.